The van der Waals surface area contributed by atoms with Crippen LogP contribution in [0.3, 0.4) is 0 Å². The van der Waals surface area contributed by atoms with Gasteiger partial charge in [0.05, 0.1) is 35.9 Å². The van der Waals surface area contributed by atoms with E-state index in [-0.39, 0.29) is 30.6 Å². The maximum absolute atomic E-state index is 13.1. The number of aliphatic hydroxyl groups excluding tert-OH is 2. The molecule has 0 aliphatic heterocycles. The Morgan fingerprint density at radius 2 is 1.73 bits per heavy atom. The molecule has 0 radical (unpaired) electrons. The van der Waals surface area contributed by atoms with Crippen LogP contribution in [0, 0.1) is 0 Å². The normalized spacial score (nSPS) is 11.9. The lowest BCUT2D eigenvalue weighted by Crippen LogP contribution is -2.39. The Bertz CT molecular complexity index is 1390. The lowest BCUT2D eigenvalue weighted by molar-refractivity contribution is -0.115. The molecule has 3 N–H and O–H groups in total. The molecule has 0 aliphatic rings. The van der Waals surface area contributed by atoms with Crippen molar-refractivity contribution >= 4 is 28.1 Å². The molecule has 2 heterocycles. The zero-order valence-electron chi connectivity index (χ0n) is 20.6. The molecule has 0 saturated carbocycles. The van der Waals surface area contributed by atoms with E-state index in [2.05, 4.69) is 10.4 Å². The van der Waals surface area contributed by atoms with Crippen LogP contribution in [0.4, 0.5) is 10.8 Å². The van der Waals surface area contributed by atoms with Crippen molar-refractivity contribution in [2.45, 2.75) is 26.0 Å². The van der Waals surface area contributed by atoms with E-state index in [0.717, 1.165) is 16.1 Å². The molecule has 10 heteroatoms. The van der Waals surface area contributed by atoms with Crippen molar-refractivity contribution in [1.82, 2.24) is 14.8 Å². The SMILES string of the molecule is CC(C)n1nc(-c2sc(NC(=O)CN(CC(O)CO)c3ccccc3)nc2-c2ccccc2)ccc1=O. The summed E-state index contributed by atoms with van der Waals surface area (Å²) < 4.78 is 1.42. The van der Waals surface area contributed by atoms with Crippen molar-refractivity contribution in [3.05, 3.63) is 83.2 Å². The lowest BCUT2D eigenvalue weighted by atomic mass is 10.1. The van der Waals surface area contributed by atoms with Crippen LogP contribution < -0.4 is 15.8 Å². The minimum atomic E-state index is -0.994. The summed E-state index contributed by atoms with van der Waals surface area (Å²) in [5, 5.41) is 27.1. The first kappa shape index (κ1) is 26.2. The standard InChI is InChI=1S/C27H29N5O4S/c1-18(2)32-24(36)14-13-22(30-32)26-25(19-9-5-3-6-10-19)29-27(37-26)28-23(35)16-31(15-21(34)17-33)20-11-7-4-8-12-20/h3-14,18,21,33-34H,15-17H2,1-2H3,(H,28,29,35). The second-order valence-corrected chi connectivity index (χ2v) is 9.76. The van der Waals surface area contributed by atoms with Crippen LogP contribution in [-0.4, -0.2) is 56.7 Å². The van der Waals surface area contributed by atoms with Gasteiger partial charge in [-0.3, -0.25) is 9.59 Å². The van der Waals surface area contributed by atoms with Gasteiger partial charge in [-0.15, -0.1) is 0 Å². The molecule has 0 spiro atoms. The van der Waals surface area contributed by atoms with E-state index in [9.17, 15) is 19.8 Å². The van der Waals surface area contributed by atoms with Crippen molar-refractivity contribution in [2.75, 3.05) is 29.9 Å². The molecular formula is C27H29N5O4S. The third kappa shape index (κ3) is 6.48. The summed E-state index contributed by atoms with van der Waals surface area (Å²) in [5.41, 5.74) is 2.65. The van der Waals surface area contributed by atoms with E-state index in [4.69, 9.17) is 4.98 Å². The number of hydrogen-bond donors (Lipinski definition) is 3. The first-order chi connectivity index (χ1) is 17.9. The number of hydrogen-bond acceptors (Lipinski definition) is 8. The zero-order chi connectivity index (χ0) is 26.4. The number of aliphatic hydroxyl groups is 2. The van der Waals surface area contributed by atoms with Crippen molar-refractivity contribution in [3.8, 4) is 21.8 Å². The zero-order valence-corrected chi connectivity index (χ0v) is 21.4. The van der Waals surface area contributed by atoms with Gasteiger partial charge in [0.15, 0.2) is 5.13 Å². The number of amides is 1. The molecule has 2 aromatic carbocycles. The van der Waals surface area contributed by atoms with Crippen molar-refractivity contribution in [2.24, 2.45) is 0 Å². The van der Waals surface area contributed by atoms with Crippen molar-refractivity contribution in [3.63, 3.8) is 0 Å². The fraction of sp³-hybridized carbons (Fsp3) is 0.259. The Morgan fingerprint density at radius 3 is 2.38 bits per heavy atom. The summed E-state index contributed by atoms with van der Waals surface area (Å²) in [6, 6.07) is 21.8. The Balaban J connectivity index is 1.64. The Hall–Kier alpha value is -3.86. The number of thiazole rings is 1. The number of para-hydroxylation sites is 1. The summed E-state index contributed by atoms with van der Waals surface area (Å²) in [7, 11) is 0. The van der Waals surface area contributed by atoms with E-state index >= 15 is 0 Å². The summed E-state index contributed by atoms with van der Waals surface area (Å²) in [4.78, 5) is 32.4. The predicted octanol–water partition coefficient (Wildman–Crippen LogP) is 3.41. The Morgan fingerprint density at radius 1 is 1.05 bits per heavy atom. The van der Waals surface area contributed by atoms with Gasteiger partial charge in [-0.2, -0.15) is 5.10 Å². The smallest absolute Gasteiger partial charge is 0.267 e. The van der Waals surface area contributed by atoms with Gasteiger partial charge in [0, 0.05) is 23.9 Å². The van der Waals surface area contributed by atoms with Crippen LogP contribution in [0.25, 0.3) is 21.8 Å². The molecule has 9 nitrogen and oxygen atoms in total. The predicted molar refractivity (Wildman–Crippen MR) is 146 cm³/mol. The number of carbonyl (C=O) groups excluding carboxylic acids is 1. The highest BCUT2D eigenvalue weighted by Crippen LogP contribution is 2.38. The Kier molecular flexibility index (Phi) is 8.44. The molecule has 1 unspecified atom stereocenters. The average molecular weight is 520 g/mol. The molecule has 37 heavy (non-hydrogen) atoms. The van der Waals surface area contributed by atoms with Crippen molar-refractivity contribution in [1.29, 1.82) is 0 Å². The van der Waals surface area contributed by atoms with Gasteiger partial charge in [0.2, 0.25) is 5.91 Å². The van der Waals surface area contributed by atoms with E-state index in [0.29, 0.717) is 16.5 Å². The molecule has 0 saturated heterocycles. The number of aromatic nitrogens is 3. The molecule has 1 atom stereocenters. The number of rotatable bonds is 10. The van der Waals surface area contributed by atoms with Crippen LogP contribution in [0.1, 0.15) is 19.9 Å². The molecule has 0 aliphatic carbocycles. The third-order valence-electron chi connectivity index (χ3n) is 5.57. The summed E-state index contributed by atoms with van der Waals surface area (Å²) in [6.07, 6.45) is -0.994. The average Bonchev–Trinajstić information content (AvgIpc) is 3.32. The summed E-state index contributed by atoms with van der Waals surface area (Å²) in [5.74, 6) is -0.325. The Labute approximate surface area is 218 Å². The largest absolute Gasteiger partial charge is 0.394 e. The number of benzene rings is 2. The molecule has 4 rings (SSSR count). The summed E-state index contributed by atoms with van der Waals surface area (Å²) >= 11 is 1.27. The molecule has 4 aromatic rings. The van der Waals surface area contributed by atoms with Crippen LogP contribution >= 0.6 is 11.3 Å². The maximum atomic E-state index is 13.1. The second-order valence-electron chi connectivity index (χ2n) is 8.76. The van der Waals surface area contributed by atoms with Gasteiger partial charge < -0.3 is 20.4 Å². The topological polar surface area (TPSA) is 121 Å². The molecular weight excluding hydrogens is 490 g/mol. The fourth-order valence-corrected chi connectivity index (χ4v) is 4.77. The number of nitrogens with zero attached hydrogens (tertiary/aromatic N) is 4. The minimum Gasteiger partial charge on any atom is -0.394 e. The van der Waals surface area contributed by atoms with E-state index < -0.39 is 12.7 Å². The van der Waals surface area contributed by atoms with E-state index in [1.165, 1.54) is 22.1 Å². The molecule has 192 valence electrons. The van der Waals surface area contributed by atoms with Crippen molar-refractivity contribution < 1.29 is 15.0 Å². The van der Waals surface area contributed by atoms with Gasteiger partial charge in [0.25, 0.3) is 5.56 Å². The van der Waals surface area contributed by atoms with Gasteiger partial charge in [-0.1, -0.05) is 59.9 Å². The number of nitrogens with one attached hydrogen (secondary N) is 1. The molecule has 1 amide bonds. The minimum absolute atomic E-state index is 0.0485. The number of carbonyl (C=O) groups is 1. The van der Waals surface area contributed by atoms with Crippen LogP contribution in [0.15, 0.2) is 77.6 Å². The fourth-order valence-electron chi connectivity index (χ4n) is 3.80. The van der Waals surface area contributed by atoms with Gasteiger partial charge in [-0.25, -0.2) is 9.67 Å². The van der Waals surface area contributed by atoms with Gasteiger partial charge >= 0.3 is 0 Å². The highest BCUT2D eigenvalue weighted by Gasteiger charge is 2.20. The highest BCUT2D eigenvalue weighted by atomic mass is 32.1. The van der Waals surface area contributed by atoms with E-state index in [1.54, 1.807) is 11.0 Å². The number of anilines is 2. The second kappa shape index (κ2) is 11.9. The van der Waals surface area contributed by atoms with E-state index in [1.807, 2.05) is 74.5 Å². The molecule has 0 bridgehead atoms. The van der Waals surface area contributed by atoms with Crippen LogP contribution in [-0.2, 0) is 4.79 Å². The van der Waals surface area contributed by atoms with Crippen LogP contribution in [0.2, 0.25) is 0 Å². The van der Waals surface area contributed by atoms with Gasteiger partial charge in [0.1, 0.15) is 5.69 Å². The molecule has 2 aromatic heterocycles. The maximum Gasteiger partial charge on any atom is 0.267 e. The quantitative estimate of drug-likeness (QED) is 0.294. The van der Waals surface area contributed by atoms with Crippen LogP contribution in [0.5, 0.6) is 0 Å². The molecule has 0 fully saturated rings. The summed E-state index contributed by atoms with van der Waals surface area (Å²) in [6.45, 7) is 3.41. The van der Waals surface area contributed by atoms with Gasteiger partial charge in [-0.05, 0) is 32.0 Å². The lowest BCUT2D eigenvalue weighted by Gasteiger charge is -2.26. The monoisotopic (exact) mass is 519 g/mol. The first-order valence-corrected chi connectivity index (χ1v) is 12.7. The highest BCUT2D eigenvalue weighted by molar-refractivity contribution is 7.19. The first-order valence-electron chi connectivity index (χ1n) is 11.9. The third-order valence-corrected chi connectivity index (χ3v) is 6.56.